The lowest BCUT2D eigenvalue weighted by molar-refractivity contribution is -0.316. The summed E-state index contributed by atoms with van der Waals surface area (Å²) in [6.45, 7) is 2.65. The monoisotopic (exact) mass is 519 g/mol. The summed E-state index contributed by atoms with van der Waals surface area (Å²) in [5.74, 6) is -0.543. The number of anilines is 1. The summed E-state index contributed by atoms with van der Waals surface area (Å²) in [7, 11) is 0. The molecule has 1 heterocycles. The van der Waals surface area contributed by atoms with E-state index in [2.05, 4.69) is 26.3 Å². The number of benzene rings is 2. The average molecular weight is 520 g/mol. The summed E-state index contributed by atoms with van der Waals surface area (Å²) < 4.78 is 84.9. The van der Waals surface area contributed by atoms with Crippen LogP contribution in [0.15, 0.2) is 59.3 Å². The van der Waals surface area contributed by atoms with Crippen molar-refractivity contribution in [2.75, 3.05) is 5.32 Å². The standard InChI is InChI=1S/C21H16BrF6N3O/c1-12-8-15(9-13(2)17(12)30-18(32)14-6-4-3-5-7-14)19(20(23,24)25,21(26,27)28)31-11-16(22)10-29-31/h3-11H,1-2H3,(H,30,32). The van der Waals surface area contributed by atoms with E-state index in [0.29, 0.717) is 6.20 Å². The van der Waals surface area contributed by atoms with E-state index in [-0.39, 0.29) is 31.5 Å². The van der Waals surface area contributed by atoms with Gasteiger partial charge >= 0.3 is 12.4 Å². The van der Waals surface area contributed by atoms with Gasteiger partial charge in [0.2, 0.25) is 0 Å². The molecule has 0 atom stereocenters. The van der Waals surface area contributed by atoms with Crippen LogP contribution in [0.3, 0.4) is 0 Å². The second-order valence-corrected chi connectivity index (χ2v) is 8.03. The van der Waals surface area contributed by atoms with Gasteiger partial charge in [-0.15, -0.1) is 0 Å². The van der Waals surface area contributed by atoms with E-state index in [4.69, 9.17) is 0 Å². The number of hydrogen-bond donors (Lipinski definition) is 1. The Hall–Kier alpha value is -2.82. The van der Waals surface area contributed by atoms with Crippen molar-refractivity contribution in [2.24, 2.45) is 0 Å². The highest BCUT2D eigenvalue weighted by molar-refractivity contribution is 9.10. The summed E-state index contributed by atoms with van der Waals surface area (Å²) in [5.41, 5.74) is -5.01. The molecule has 2 aromatic carbocycles. The van der Waals surface area contributed by atoms with Crippen molar-refractivity contribution in [2.45, 2.75) is 31.7 Å². The van der Waals surface area contributed by atoms with Crippen molar-refractivity contribution in [1.82, 2.24) is 9.78 Å². The molecule has 170 valence electrons. The SMILES string of the molecule is Cc1cc(C(n2cc(Br)cn2)(C(F)(F)F)C(F)(F)F)cc(C)c1NC(=O)c1ccccc1. The Morgan fingerprint density at radius 2 is 1.50 bits per heavy atom. The fraction of sp³-hybridized carbons (Fsp3) is 0.238. The highest BCUT2D eigenvalue weighted by Crippen LogP contribution is 2.53. The van der Waals surface area contributed by atoms with Crippen LogP contribution < -0.4 is 5.32 Å². The number of halogens is 7. The minimum Gasteiger partial charge on any atom is -0.322 e. The van der Waals surface area contributed by atoms with Crippen LogP contribution in [0.5, 0.6) is 0 Å². The van der Waals surface area contributed by atoms with Crippen LogP contribution in [0, 0.1) is 13.8 Å². The Morgan fingerprint density at radius 3 is 1.94 bits per heavy atom. The van der Waals surface area contributed by atoms with Gasteiger partial charge in [-0.3, -0.25) is 4.79 Å². The fourth-order valence-corrected chi connectivity index (χ4v) is 3.79. The largest absolute Gasteiger partial charge is 0.426 e. The Bertz CT molecular complexity index is 1100. The average Bonchev–Trinajstić information content (AvgIpc) is 3.09. The van der Waals surface area contributed by atoms with Gasteiger partial charge in [-0.2, -0.15) is 31.4 Å². The van der Waals surface area contributed by atoms with E-state index in [9.17, 15) is 31.1 Å². The lowest BCUT2D eigenvalue weighted by Crippen LogP contribution is -2.59. The van der Waals surface area contributed by atoms with E-state index < -0.39 is 29.4 Å². The van der Waals surface area contributed by atoms with E-state index in [1.54, 1.807) is 18.2 Å². The van der Waals surface area contributed by atoms with Gasteiger partial charge in [-0.25, -0.2) is 4.68 Å². The number of carbonyl (C=O) groups is 1. The molecule has 11 heteroatoms. The van der Waals surface area contributed by atoms with Crippen LogP contribution in [-0.4, -0.2) is 28.0 Å². The first-order chi connectivity index (χ1) is 14.8. The van der Waals surface area contributed by atoms with E-state index in [0.717, 1.165) is 18.3 Å². The number of amides is 1. The molecule has 4 nitrogen and oxygen atoms in total. The van der Waals surface area contributed by atoms with Gasteiger partial charge in [-0.05, 0) is 58.6 Å². The molecule has 32 heavy (non-hydrogen) atoms. The molecule has 0 fully saturated rings. The summed E-state index contributed by atoms with van der Waals surface area (Å²) >= 11 is 2.86. The highest BCUT2D eigenvalue weighted by Gasteiger charge is 2.74. The third-order valence-electron chi connectivity index (χ3n) is 4.94. The molecule has 0 spiro atoms. The Morgan fingerprint density at radius 1 is 0.969 bits per heavy atom. The number of nitrogens with zero attached hydrogens (tertiary/aromatic N) is 2. The van der Waals surface area contributed by atoms with Gasteiger partial charge in [0, 0.05) is 17.4 Å². The van der Waals surface area contributed by atoms with Crippen LogP contribution in [0.4, 0.5) is 32.0 Å². The topological polar surface area (TPSA) is 46.9 Å². The second kappa shape index (κ2) is 8.27. The smallest absolute Gasteiger partial charge is 0.322 e. The first kappa shape index (κ1) is 23.8. The maximum absolute atomic E-state index is 14.2. The van der Waals surface area contributed by atoms with E-state index >= 15 is 0 Å². The molecule has 0 aliphatic rings. The molecule has 3 rings (SSSR count). The number of nitrogens with one attached hydrogen (secondary N) is 1. The number of aromatic nitrogens is 2. The van der Waals surface area contributed by atoms with Gasteiger partial charge in [0.25, 0.3) is 11.4 Å². The molecular formula is C21H16BrF6N3O. The zero-order valence-electron chi connectivity index (χ0n) is 16.6. The molecule has 0 aliphatic carbocycles. The van der Waals surface area contributed by atoms with Crippen molar-refractivity contribution < 1.29 is 31.1 Å². The van der Waals surface area contributed by atoms with Gasteiger partial charge in [-0.1, -0.05) is 30.3 Å². The molecular weight excluding hydrogens is 504 g/mol. The van der Waals surface area contributed by atoms with Gasteiger partial charge in [0.15, 0.2) is 0 Å². The molecule has 1 amide bonds. The fourth-order valence-electron chi connectivity index (χ4n) is 3.51. The lowest BCUT2D eigenvalue weighted by atomic mass is 9.85. The Labute approximate surface area is 187 Å². The molecule has 1 aromatic heterocycles. The maximum atomic E-state index is 14.2. The van der Waals surface area contributed by atoms with Crippen LogP contribution in [0.2, 0.25) is 0 Å². The summed E-state index contributed by atoms with van der Waals surface area (Å²) in [5, 5.41) is 5.89. The number of aryl methyl sites for hydroxylation is 2. The predicted molar refractivity (Wildman–Crippen MR) is 109 cm³/mol. The quantitative estimate of drug-likeness (QED) is 0.406. The van der Waals surface area contributed by atoms with Crippen LogP contribution >= 0.6 is 15.9 Å². The van der Waals surface area contributed by atoms with E-state index in [1.165, 1.54) is 26.0 Å². The van der Waals surface area contributed by atoms with Crippen molar-refractivity contribution in [3.8, 4) is 0 Å². The number of rotatable bonds is 4. The third-order valence-corrected chi connectivity index (χ3v) is 5.35. The second-order valence-electron chi connectivity index (χ2n) is 7.11. The number of carbonyl (C=O) groups excluding carboxylic acids is 1. The Kier molecular flexibility index (Phi) is 6.16. The predicted octanol–water partition coefficient (Wildman–Crippen LogP) is 6.38. The zero-order chi connectivity index (χ0) is 23.9. The molecule has 0 saturated heterocycles. The molecule has 0 radical (unpaired) electrons. The van der Waals surface area contributed by atoms with Crippen molar-refractivity contribution in [3.05, 3.63) is 81.6 Å². The Balaban J connectivity index is 2.18. The van der Waals surface area contributed by atoms with Gasteiger partial charge < -0.3 is 5.32 Å². The van der Waals surface area contributed by atoms with Gasteiger partial charge in [0.1, 0.15) is 0 Å². The minimum atomic E-state index is -5.77. The highest BCUT2D eigenvalue weighted by atomic mass is 79.9. The molecule has 3 aromatic rings. The van der Waals surface area contributed by atoms with Crippen molar-refractivity contribution >= 4 is 27.5 Å². The number of alkyl halides is 6. The summed E-state index contributed by atoms with van der Waals surface area (Å²) in [6.07, 6.45) is -10.1. The molecule has 0 aliphatic heterocycles. The normalized spacial score (nSPS) is 12.7. The first-order valence-electron chi connectivity index (χ1n) is 9.11. The van der Waals surface area contributed by atoms with Crippen LogP contribution in [0.25, 0.3) is 0 Å². The molecule has 1 N–H and O–H groups in total. The maximum Gasteiger partial charge on any atom is 0.426 e. The van der Waals surface area contributed by atoms with Crippen molar-refractivity contribution in [3.63, 3.8) is 0 Å². The summed E-state index contributed by atoms with van der Waals surface area (Å²) in [4.78, 5) is 12.5. The molecule has 0 unspecified atom stereocenters. The van der Waals surface area contributed by atoms with Crippen molar-refractivity contribution in [1.29, 1.82) is 0 Å². The minimum absolute atomic E-state index is 0.0355. The molecule has 0 bridgehead atoms. The van der Waals surface area contributed by atoms with Gasteiger partial charge in [0.05, 0.1) is 10.7 Å². The van der Waals surface area contributed by atoms with Crippen LogP contribution in [0.1, 0.15) is 27.0 Å². The lowest BCUT2D eigenvalue weighted by Gasteiger charge is -2.38. The summed E-state index contributed by atoms with van der Waals surface area (Å²) in [6, 6.07) is 9.55. The van der Waals surface area contributed by atoms with E-state index in [1.807, 2.05) is 0 Å². The number of hydrogen-bond acceptors (Lipinski definition) is 2. The zero-order valence-corrected chi connectivity index (χ0v) is 18.2. The van der Waals surface area contributed by atoms with Crippen LogP contribution in [-0.2, 0) is 5.54 Å². The molecule has 0 saturated carbocycles. The third kappa shape index (κ3) is 4.01. The first-order valence-corrected chi connectivity index (χ1v) is 9.90.